The third-order valence-corrected chi connectivity index (χ3v) is 8.32. The molecule has 2 aromatic carbocycles. The first kappa shape index (κ1) is 30.1. The number of nitrogens with zero attached hydrogens (tertiary/aromatic N) is 4. The average molecular weight is 604 g/mol. The highest BCUT2D eigenvalue weighted by Crippen LogP contribution is 2.51. The lowest BCUT2D eigenvalue weighted by atomic mass is 9.95. The highest BCUT2D eigenvalue weighted by Gasteiger charge is 2.53. The number of fused-ring (bicyclic) bond motifs is 2. The second kappa shape index (κ2) is 12.5. The molecule has 0 spiro atoms. The largest absolute Gasteiger partial charge is 0.530 e. The van der Waals surface area contributed by atoms with E-state index in [2.05, 4.69) is 15.0 Å². The smallest absolute Gasteiger partial charge is 0.479 e. The van der Waals surface area contributed by atoms with Crippen LogP contribution in [0.1, 0.15) is 26.5 Å². The highest BCUT2D eigenvalue weighted by atomic mass is 31.2. The van der Waals surface area contributed by atoms with E-state index >= 15 is 0 Å². The van der Waals surface area contributed by atoms with E-state index in [1.54, 1.807) is 12.1 Å². The number of imidazole rings is 1. The summed E-state index contributed by atoms with van der Waals surface area (Å²) in [6.07, 6.45) is -1.93. The van der Waals surface area contributed by atoms with E-state index in [4.69, 9.17) is 33.5 Å². The van der Waals surface area contributed by atoms with E-state index < -0.39 is 31.9 Å². The molecular weight excluding hydrogens is 569 g/mol. The Balaban J connectivity index is 1.31. The standard InChI is InChI=1S/C27H34N5O9P/c1-4-37-14-15-39-42(35,41-19-11-7-9-17-8-5-6-10-18(17)19)38-13-12-20-22(33)27(2,34)25(40-20)32-16-29-21-23(32)30-26(28)31-24(21)36-3/h5-11,16,20,22,25,33-34H,4,12-15H2,1-3H3,(H2,28,30,31). The number of phosphoric ester groups is 1. The third-order valence-electron chi connectivity index (χ3n) is 6.90. The van der Waals surface area contributed by atoms with Gasteiger partial charge >= 0.3 is 7.82 Å². The second-order valence-electron chi connectivity index (χ2n) is 9.78. The zero-order valence-electron chi connectivity index (χ0n) is 23.5. The SMILES string of the molecule is CCOCCOP(=O)(OCCC1OC(n2cnc3c(OC)nc(N)nc32)C(C)(O)C1O)Oc1cccc2ccccc12. The van der Waals surface area contributed by atoms with Gasteiger partial charge in [-0.3, -0.25) is 13.6 Å². The number of hydrogen-bond donors (Lipinski definition) is 3. The van der Waals surface area contributed by atoms with Crippen LogP contribution in [0.15, 0.2) is 48.8 Å². The maximum atomic E-state index is 13.7. The molecule has 5 atom stereocenters. The summed E-state index contributed by atoms with van der Waals surface area (Å²) in [5, 5.41) is 23.9. The second-order valence-corrected chi connectivity index (χ2v) is 11.4. The van der Waals surface area contributed by atoms with Gasteiger partial charge in [0.25, 0.3) is 0 Å². The van der Waals surface area contributed by atoms with Crippen molar-refractivity contribution in [2.45, 2.75) is 44.3 Å². The quantitative estimate of drug-likeness (QED) is 0.150. The number of ether oxygens (including phenoxy) is 3. The minimum absolute atomic E-state index is 0.0304. The van der Waals surface area contributed by atoms with Crippen molar-refractivity contribution >= 4 is 35.7 Å². The Morgan fingerprint density at radius 2 is 1.88 bits per heavy atom. The number of aliphatic hydroxyl groups is 2. The van der Waals surface area contributed by atoms with Crippen LogP contribution in [0.2, 0.25) is 0 Å². The predicted molar refractivity (Wildman–Crippen MR) is 152 cm³/mol. The van der Waals surface area contributed by atoms with Crippen molar-refractivity contribution in [1.82, 2.24) is 19.5 Å². The number of nitrogen functional groups attached to an aromatic ring is 1. The molecule has 1 aliphatic rings. The zero-order valence-corrected chi connectivity index (χ0v) is 24.3. The van der Waals surface area contributed by atoms with Gasteiger partial charge in [0, 0.05) is 18.4 Å². The number of methoxy groups -OCH3 is 1. The number of rotatable bonds is 13. The lowest BCUT2D eigenvalue weighted by Gasteiger charge is -2.27. The van der Waals surface area contributed by atoms with E-state index in [9.17, 15) is 14.8 Å². The molecule has 0 aliphatic carbocycles. The lowest BCUT2D eigenvalue weighted by Crippen LogP contribution is -2.43. The summed E-state index contributed by atoms with van der Waals surface area (Å²) < 4.78 is 48.9. The monoisotopic (exact) mass is 603 g/mol. The van der Waals surface area contributed by atoms with Gasteiger partial charge in [0.15, 0.2) is 17.4 Å². The van der Waals surface area contributed by atoms with E-state index in [-0.39, 0.29) is 43.7 Å². The predicted octanol–water partition coefficient (Wildman–Crippen LogP) is 3.23. The molecule has 42 heavy (non-hydrogen) atoms. The molecule has 14 nitrogen and oxygen atoms in total. The van der Waals surface area contributed by atoms with Gasteiger partial charge in [-0.25, -0.2) is 9.55 Å². The normalized spacial score (nSPS) is 23.8. The van der Waals surface area contributed by atoms with Crippen LogP contribution in [0.5, 0.6) is 11.6 Å². The minimum Gasteiger partial charge on any atom is -0.479 e. The van der Waals surface area contributed by atoms with Gasteiger partial charge < -0.3 is 34.7 Å². The number of anilines is 1. The Morgan fingerprint density at radius 3 is 2.67 bits per heavy atom. The fourth-order valence-electron chi connectivity index (χ4n) is 4.81. The summed E-state index contributed by atoms with van der Waals surface area (Å²) in [5.41, 5.74) is 4.62. The molecule has 3 heterocycles. The summed E-state index contributed by atoms with van der Waals surface area (Å²) >= 11 is 0. The number of hydrogen-bond acceptors (Lipinski definition) is 13. The first-order valence-corrected chi connectivity index (χ1v) is 14.9. The van der Waals surface area contributed by atoms with Crippen LogP contribution in [-0.2, 0) is 23.1 Å². The summed E-state index contributed by atoms with van der Waals surface area (Å²) in [7, 11) is -2.72. The average Bonchev–Trinajstić information content (AvgIpc) is 3.48. The van der Waals surface area contributed by atoms with Gasteiger partial charge in [0.1, 0.15) is 17.5 Å². The first-order chi connectivity index (χ1) is 20.2. The molecule has 1 fully saturated rings. The van der Waals surface area contributed by atoms with Gasteiger partial charge in [-0.1, -0.05) is 36.4 Å². The maximum Gasteiger partial charge on any atom is 0.530 e. The fourth-order valence-corrected chi connectivity index (χ4v) is 6.02. The van der Waals surface area contributed by atoms with Crippen LogP contribution in [0.4, 0.5) is 5.95 Å². The molecule has 0 radical (unpaired) electrons. The van der Waals surface area contributed by atoms with Crippen molar-refractivity contribution in [1.29, 1.82) is 0 Å². The molecule has 4 aromatic rings. The Kier molecular flexibility index (Phi) is 8.94. The molecule has 1 aliphatic heterocycles. The van der Waals surface area contributed by atoms with Crippen LogP contribution in [0.25, 0.3) is 21.9 Å². The van der Waals surface area contributed by atoms with Crippen molar-refractivity contribution in [3.05, 3.63) is 48.8 Å². The Bertz CT molecular complexity index is 1580. The van der Waals surface area contributed by atoms with Crippen LogP contribution < -0.4 is 15.0 Å². The topological polar surface area (TPSA) is 183 Å². The van der Waals surface area contributed by atoms with Gasteiger partial charge in [0.05, 0.1) is 39.4 Å². The first-order valence-electron chi connectivity index (χ1n) is 13.4. The van der Waals surface area contributed by atoms with Crippen molar-refractivity contribution in [3.8, 4) is 11.6 Å². The Hall–Kier alpha value is -3.36. The van der Waals surface area contributed by atoms with Gasteiger partial charge in [-0.2, -0.15) is 9.97 Å². The van der Waals surface area contributed by atoms with Gasteiger partial charge in [-0.15, -0.1) is 0 Å². The van der Waals surface area contributed by atoms with Gasteiger partial charge in [0.2, 0.25) is 11.8 Å². The molecule has 5 unspecified atom stereocenters. The number of benzene rings is 2. The van der Waals surface area contributed by atoms with Crippen molar-refractivity contribution in [2.75, 3.05) is 39.3 Å². The maximum absolute atomic E-state index is 13.7. The molecule has 15 heteroatoms. The van der Waals surface area contributed by atoms with Crippen LogP contribution >= 0.6 is 7.82 Å². The van der Waals surface area contributed by atoms with Crippen molar-refractivity contribution in [3.63, 3.8) is 0 Å². The van der Waals surface area contributed by atoms with Crippen LogP contribution in [0, 0.1) is 0 Å². The molecule has 1 saturated heterocycles. The fraction of sp³-hybridized carbons (Fsp3) is 0.444. The number of aliphatic hydroxyl groups excluding tert-OH is 1. The van der Waals surface area contributed by atoms with Crippen molar-refractivity contribution in [2.24, 2.45) is 0 Å². The molecular formula is C27H34N5O9P. The summed E-state index contributed by atoms with van der Waals surface area (Å²) in [4.78, 5) is 12.5. The van der Waals surface area contributed by atoms with Crippen LogP contribution in [-0.4, -0.2) is 81.1 Å². The lowest BCUT2D eigenvalue weighted by molar-refractivity contribution is -0.0943. The summed E-state index contributed by atoms with van der Waals surface area (Å²) in [6, 6.07) is 12.8. The molecule has 0 saturated carbocycles. The molecule has 5 rings (SSSR count). The van der Waals surface area contributed by atoms with E-state index in [0.29, 0.717) is 17.9 Å². The van der Waals surface area contributed by atoms with E-state index in [1.165, 1.54) is 24.9 Å². The van der Waals surface area contributed by atoms with Crippen LogP contribution in [0.3, 0.4) is 0 Å². The summed E-state index contributed by atoms with van der Waals surface area (Å²) in [5.74, 6) is 0.429. The molecule has 226 valence electrons. The van der Waals surface area contributed by atoms with Gasteiger partial charge in [-0.05, 0) is 25.3 Å². The molecule has 2 aromatic heterocycles. The Morgan fingerprint density at radius 1 is 1.12 bits per heavy atom. The minimum atomic E-state index is -4.14. The number of phosphoric acid groups is 1. The van der Waals surface area contributed by atoms with Crippen molar-refractivity contribution < 1.29 is 42.6 Å². The summed E-state index contributed by atoms with van der Waals surface area (Å²) in [6.45, 7) is 3.71. The van der Waals surface area contributed by atoms with E-state index in [1.807, 2.05) is 37.3 Å². The molecule has 0 bridgehead atoms. The zero-order chi connectivity index (χ0) is 29.9. The number of aromatic nitrogens is 4. The number of nitrogens with two attached hydrogens (primary N) is 1. The highest BCUT2D eigenvalue weighted by molar-refractivity contribution is 7.49. The van der Waals surface area contributed by atoms with E-state index in [0.717, 1.165) is 10.8 Å². The third kappa shape index (κ3) is 6.06. The Labute approximate surface area is 241 Å². The molecule has 0 amide bonds. The molecule has 4 N–H and O–H groups in total.